The van der Waals surface area contributed by atoms with Gasteiger partial charge in [0.05, 0.1) is 15.7 Å². The number of carbonyl (C=O) groups excluding carboxylic acids is 1. The van der Waals surface area contributed by atoms with Gasteiger partial charge in [0, 0.05) is 43.5 Å². The van der Waals surface area contributed by atoms with E-state index in [1.807, 2.05) is 24.3 Å². The average Bonchev–Trinajstić information content (AvgIpc) is 3.30. The topological polar surface area (TPSA) is 76.9 Å². The molecule has 2 aromatic carbocycles. The molecule has 0 saturated carbocycles. The lowest BCUT2D eigenvalue weighted by atomic mass is 10.1. The van der Waals surface area contributed by atoms with Crippen LogP contribution in [0.2, 0.25) is 10.0 Å². The van der Waals surface area contributed by atoms with Crippen LogP contribution in [0, 0.1) is 0 Å². The molecule has 0 N–H and O–H groups in total. The second kappa shape index (κ2) is 8.96. The lowest BCUT2D eigenvalue weighted by Gasteiger charge is -2.36. The second-order valence-electron chi connectivity index (χ2n) is 7.75. The maximum Gasteiger partial charge on any atom is 0.267 e. The molecule has 1 amide bonds. The van der Waals surface area contributed by atoms with Crippen molar-refractivity contribution >= 4 is 34.8 Å². The third-order valence-electron chi connectivity index (χ3n) is 5.72. The maximum atomic E-state index is 12.9. The Bertz CT molecular complexity index is 1270. The molecular formula is C23H20Cl2N4O4. The van der Waals surface area contributed by atoms with E-state index in [1.165, 1.54) is 10.7 Å². The number of amides is 1. The van der Waals surface area contributed by atoms with E-state index >= 15 is 0 Å². The van der Waals surface area contributed by atoms with Crippen LogP contribution in [0.15, 0.2) is 53.3 Å². The Labute approximate surface area is 199 Å². The monoisotopic (exact) mass is 486 g/mol. The zero-order valence-electron chi connectivity index (χ0n) is 17.5. The molecule has 0 bridgehead atoms. The number of benzene rings is 2. The molecule has 10 heteroatoms. The van der Waals surface area contributed by atoms with Gasteiger partial charge < -0.3 is 19.3 Å². The number of hydrogen-bond acceptors (Lipinski definition) is 6. The molecule has 1 saturated heterocycles. The van der Waals surface area contributed by atoms with Crippen LogP contribution >= 0.6 is 23.2 Å². The highest BCUT2D eigenvalue weighted by Crippen LogP contribution is 2.35. The van der Waals surface area contributed by atoms with Crippen molar-refractivity contribution in [1.82, 2.24) is 14.7 Å². The van der Waals surface area contributed by atoms with Crippen molar-refractivity contribution in [2.45, 2.75) is 6.54 Å². The van der Waals surface area contributed by atoms with Crippen LogP contribution in [0.3, 0.4) is 0 Å². The number of nitrogens with zero attached hydrogens (tertiary/aromatic N) is 4. The molecule has 170 valence electrons. The molecule has 3 aromatic rings. The number of ether oxygens (including phenoxy) is 2. The number of fused-ring (bicyclic) bond motifs is 1. The predicted octanol–water partition coefficient (Wildman–Crippen LogP) is 3.29. The van der Waals surface area contributed by atoms with Crippen molar-refractivity contribution < 1.29 is 14.3 Å². The van der Waals surface area contributed by atoms with Crippen LogP contribution < -0.4 is 19.9 Å². The minimum Gasteiger partial charge on any atom is -0.454 e. The summed E-state index contributed by atoms with van der Waals surface area (Å²) in [5.41, 5.74) is 1.98. The van der Waals surface area contributed by atoms with Gasteiger partial charge in [-0.05, 0) is 42.5 Å². The molecule has 0 atom stereocenters. The Balaban J connectivity index is 1.26. The second-order valence-corrected chi connectivity index (χ2v) is 8.56. The van der Waals surface area contributed by atoms with Crippen molar-refractivity contribution in [1.29, 1.82) is 0 Å². The van der Waals surface area contributed by atoms with Gasteiger partial charge in [-0.1, -0.05) is 23.2 Å². The first-order valence-corrected chi connectivity index (χ1v) is 11.2. The van der Waals surface area contributed by atoms with E-state index < -0.39 is 0 Å². The average molecular weight is 487 g/mol. The summed E-state index contributed by atoms with van der Waals surface area (Å²) >= 11 is 12.1. The first kappa shape index (κ1) is 21.6. The van der Waals surface area contributed by atoms with Gasteiger partial charge in [0.1, 0.15) is 6.54 Å². The van der Waals surface area contributed by atoms with Gasteiger partial charge in [-0.3, -0.25) is 9.59 Å². The minimum absolute atomic E-state index is 0.121. The summed E-state index contributed by atoms with van der Waals surface area (Å²) in [5, 5.41) is 5.42. The smallest absolute Gasteiger partial charge is 0.267 e. The van der Waals surface area contributed by atoms with Crippen LogP contribution in [0.25, 0.3) is 11.3 Å². The van der Waals surface area contributed by atoms with Crippen molar-refractivity contribution in [3.05, 3.63) is 68.9 Å². The fraction of sp³-hybridized carbons (Fsp3) is 0.261. The lowest BCUT2D eigenvalue weighted by Crippen LogP contribution is -2.50. The largest absolute Gasteiger partial charge is 0.454 e. The standard InChI is InChI=1S/C23H20Cl2N4O4/c24-17-3-2-16(12-18(17)25)27-7-9-28(10-8-27)23(31)13-29-22(30)6-4-19(26-29)15-1-5-20-21(11-15)33-14-32-20/h1-6,11-12H,7-10,13-14H2. The normalized spacial score (nSPS) is 15.1. The maximum absolute atomic E-state index is 12.9. The van der Waals surface area contributed by atoms with E-state index in [9.17, 15) is 9.59 Å². The first-order chi connectivity index (χ1) is 16.0. The minimum atomic E-state index is -0.331. The molecule has 33 heavy (non-hydrogen) atoms. The summed E-state index contributed by atoms with van der Waals surface area (Å²) in [6.07, 6.45) is 0. The van der Waals surface area contributed by atoms with Gasteiger partial charge in [-0.25, -0.2) is 4.68 Å². The highest BCUT2D eigenvalue weighted by atomic mass is 35.5. The first-order valence-electron chi connectivity index (χ1n) is 10.4. The fourth-order valence-corrected chi connectivity index (χ4v) is 4.19. The SMILES string of the molecule is O=C(Cn1nc(-c2ccc3c(c2)OCO3)ccc1=O)N1CCN(c2ccc(Cl)c(Cl)c2)CC1. The van der Waals surface area contributed by atoms with E-state index in [0.717, 1.165) is 11.3 Å². The number of hydrogen-bond donors (Lipinski definition) is 0. The molecular weight excluding hydrogens is 467 g/mol. The van der Waals surface area contributed by atoms with Gasteiger partial charge in [0.2, 0.25) is 12.7 Å². The van der Waals surface area contributed by atoms with E-state index in [0.29, 0.717) is 53.4 Å². The summed E-state index contributed by atoms with van der Waals surface area (Å²) < 4.78 is 12.0. The van der Waals surface area contributed by atoms with Gasteiger partial charge in [0.25, 0.3) is 5.56 Å². The van der Waals surface area contributed by atoms with E-state index in [-0.39, 0.29) is 24.8 Å². The zero-order chi connectivity index (χ0) is 22.9. The van der Waals surface area contributed by atoms with E-state index in [1.54, 1.807) is 23.1 Å². The quantitative estimate of drug-likeness (QED) is 0.562. The van der Waals surface area contributed by atoms with Crippen molar-refractivity contribution in [2.75, 3.05) is 37.9 Å². The third-order valence-corrected chi connectivity index (χ3v) is 6.46. The number of halogens is 2. The summed E-state index contributed by atoms with van der Waals surface area (Å²) in [6.45, 7) is 2.44. The lowest BCUT2D eigenvalue weighted by molar-refractivity contribution is -0.132. The van der Waals surface area contributed by atoms with Crippen molar-refractivity contribution in [3.8, 4) is 22.8 Å². The van der Waals surface area contributed by atoms with E-state index in [4.69, 9.17) is 32.7 Å². The predicted molar refractivity (Wildman–Crippen MR) is 125 cm³/mol. The number of carbonyl (C=O) groups is 1. The number of anilines is 1. The van der Waals surface area contributed by atoms with Crippen molar-refractivity contribution in [3.63, 3.8) is 0 Å². The number of piperazine rings is 1. The number of aromatic nitrogens is 2. The highest BCUT2D eigenvalue weighted by Gasteiger charge is 2.23. The molecule has 0 unspecified atom stereocenters. The van der Waals surface area contributed by atoms with Gasteiger partial charge in [-0.15, -0.1) is 0 Å². The van der Waals surface area contributed by atoms with Gasteiger partial charge >= 0.3 is 0 Å². The van der Waals surface area contributed by atoms with Crippen LogP contribution in [-0.2, 0) is 11.3 Å². The molecule has 0 radical (unpaired) electrons. The Morgan fingerprint density at radius 2 is 1.70 bits per heavy atom. The van der Waals surface area contributed by atoms with Crippen LogP contribution in [0.5, 0.6) is 11.5 Å². The van der Waals surface area contributed by atoms with Crippen LogP contribution in [-0.4, -0.2) is 53.6 Å². The molecule has 1 aromatic heterocycles. The van der Waals surface area contributed by atoms with Crippen molar-refractivity contribution in [2.24, 2.45) is 0 Å². The van der Waals surface area contributed by atoms with Gasteiger partial charge in [0.15, 0.2) is 11.5 Å². The molecule has 3 heterocycles. The third kappa shape index (κ3) is 4.49. The number of rotatable bonds is 4. The molecule has 0 spiro atoms. The molecule has 0 aliphatic carbocycles. The highest BCUT2D eigenvalue weighted by molar-refractivity contribution is 6.42. The molecule has 2 aliphatic rings. The summed E-state index contributed by atoms with van der Waals surface area (Å²) in [5.74, 6) is 1.14. The Morgan fingerprint density at radius 1 is 0.909 bits per heavy atom. The molecule has 1 fully saturated rings. The Kier molecular flexibility index (Phi) is 5.86. The Hall–Kier alpha value is -3.23. The molecule has 2 aliphatic heterocycles. The Morgan fingerprint density at radius 3 is 2.48 bits per heavy atom. The summed E-state index contributed by atoms with van der Waals surface area (Å²) in [6, 6.07) is 14.0. The molecule has 8 nitrogen and oxygen atoms in total. The van der Waals surface area contributed by atoms with Gasteiger partial charge in [-0.2, -0.15) is 5.10 Å². The van der Waals surface area contributed by atoms with E-state index in [2.05, 4.69) is 10.00 Å². The fourth-order valence-electron chi connectivity index (χ4n) is 3.90. The zero-order valence-corrected chi connectivity index (χ0v) is 19.1. The van der Waals surface area contributed by atoms with Crippen LogP contribution in [0.4, 0.5) is 5.69 Å². The summed E-state index contributed by atoms with van der Waals surface area (Å²) in [7, 11) is 0. The summed E-state index contributed by atoms with van der Waals surface area (Å²) in [4.78, 5) is 29.1. The molecule has 5 rings (SSSR count). The van der Waals surface area contributed by atoms with Crippen LogP contribution in [0.1, 0.15) is 0 Å².